The molecule has 1 atom stereocenters. The number of alkyl carbamates (subject to hydrolysis) is 1. The SMILES string of the molecule is CSCCC(NC(=O)OCc1ccccc1)C(=O)Oc1ccc2c(=O)c(-c3ccc4c(c3)OCCO4)c(C(F)(F)F)oc2c1. The zero-order valence-electron chi connectivity index (χ0n) is 23.3. The largest absolute Gasteiger partial charge is 0.486 e. The van der Waals surface area contributed by atoms with Crippen LogP contribution in [0.3, 0.4) is 0 Å². The number of esters is 1. The minimum absolute atomic E-state index is 0.0174. The molecule has 0 saturated heterocycles. The van der Waals surface area contributed by atoms with Gasteiger partial charge in [0, 0.05) is 6.07 Å². The number of thioether (sulfide) groups is 1. The topological polar surface area (TPSA) is 113 Å². The predicted molar refractivity (Wildman–Crippen MR) is 156 cm³/mol. The maximum Gasteiger partial charge on any atom is 0.450 e. The van der Waals surface area contributed by atoms with E-state index in [9.17, 15) is 27.6 Å². The van der Waals surface area contributed by atoms with Crippen LogP contribution < -0.4 is 25.0 Å². The second-order valence-electron chi connectivity index (χ2n) is 9.61. The number of ether oxygens (including phenoxy) is 4. The van der Waals surface area contributed by atoms with Crippen LogP contribution in [0, 0.1) is 0 Å². The Balaban J connectivity index is 1.40. The molecule has 1 aliphatic heterocycles. The van der Waals surface area contributed by atoms with Crippen molar-refractivity contribution >= 4 is 34.8 Å². The van der Waals surface area contributed by atoms with Crippen molar-refractivity contribution in [1.29, 1.82) is 0 Å². The fourth-order valence-corrected chi connectivity index (χ4v) is 4.95. The predicted octanol–water partition coefficient (Wildman–Crippen LogP) is 6.20. The first-order chi connectivity index (χ1) is 21.1. The van der Waals surface area contributed by atoms with E-state index in [1.165, 1.54) is 42.1 Å². The van der Waals surface area contributed by atoms with Crippen LogP contribution in [-0.4, -0.2) is 43.3 Å². The maximum atomic E-state index is 14.2. The number of fused-ring (bicyclic) bond motifs is 2. The van der Waals surface area contributed by atoms with Gasteiger partial charge in [0.25, 0.3) is 0 Å². The Labute approximate surface area is 253 Å². The van der Waals surface area contributed by atoms with Crippen molar-refractivity contribution in [2.24, 2.45) is 0 Å². The number of rotatable bonds is 9. The van der Waals surface area contributed by atoms with Crippen molar-refractivity contribution < 1.29 is 46.1 Å². The summed E-state index contributed by atoms with van der Waals surface area (Å²) in [5.74, 6) is -1.53. The summed E-state index contributed by atoms with van der Waals surface area (Å²) in [6.07, 6.45) is -3.86. The maximum absolute atomic E-state index is 14.2. The van der Waals surface area contributed by atoms with Crippen LogP contribution in [0.25, 0.3) is 22.1 Å². The molecule has 0 saturated carbocycles. The summed E-state index contributed by atoms with van der Waals surface area (Å²) in [7, 11) is 0. The summed E-state index contributed by atoms with van der Waals surface area (Å²) in [6, 6.07) is 15.4. The Morgan fingerprint density at radius 2 is 1.75 bits per heavy atom. The number of carbonyl (C=O) groups is 2. The van der Waals surface area contributed by atoms with Crippen LogP contribution in [0.5, 0.6) is 17.2 Å². The third kappa shape index (κ3) is 7.10. The molecule has 1 aromatic heterocycles. The Bertz CT molecular complexity index is 1730. The Morgan fingerprint density at radius 1 is 1.00 bits per heavy atom. The van der Waals surface area contributed by atoms with Gasteiger partial charge in [-0.05, 0) is 53.8 Å². The molecule has 230 valence electrons. The lowest BCUT2D eigenvalue weighted by Gasteiger charge is -2.19. The number of nitrogens with one attached hydrogen (secondary N) is 1. The van der Waals surface area contributed by atoms with Crippen molar-refractivity contribution in [2.75, 3.05) is 25.2 Å². The van der Waals surface area contributed by atoms with Gasteiger partial charge in [-0.3, -0.25) is 4.79 Å². The Hall–Kier alpha value is -4.65. The molecule has 1 amide bonds. The summed E-state index contributed by atoms with van der Waals surface area (Å²) < 4.78 is 69.3. The highest BCUT2D eigenvalue weighted by Gasteiger charge is 2.39. The van der Waals surface area contributed by atoms with E-state index in [0.717, 1.165) is 11.6 Å². The Kier molecular flexibility index (Phi) is 9.33. The van der Waals surface area contributed by atoms with E-state index in [4.69, 9.17) is 23.4 Å². The fraction of sp³-hybridized carbons (Fsp3) is 0.258. The van der Waals surface area contributed by atoms with Gasteiger partial charge in [0.05, 0.1) is 10.9 Å². The van der Waals surface area contributed by atoms with E-state index in [2.05, 4.69) is 5.32 Å². The van der Waals surface area contributed by atoms with Crippen LogP contribution >= 0.6 is 11.8 Å². The number of alkyl halides is 3. The monoisotopic (exact) mass is 629 g/mol. The smallest absolute Gasteiger partial charge is 0.450 e. The molecule has 1 N–H and O–H groups in total. The number of halogens is 3. The molecular formula is C31H26F3NO8S. The van der Waals surface area contributed by atoms with Crippen LogP contribution in [0.4, 0.5) is 18.0 Å². The summed E-state index contributed by atoms with van der Waals surface area (Å²) >= 11 is 1.43. The summed E-state index contributed by atoms with van der Waals surface area (Å²) in [5.41, 5.74) is -1.38. The molecule has 0 radical (unpaired) electrons. The summed E-state index contributed by atoms with van der Waals surface area (Å²) in [5, 5.41) is 2.31. The number of benzene rings is 3. The van der Waals surface area contributed by atoms with E-state index in [-0.39, 0.29) is 48.7 Å². The minimum atomic E-state index is -5.03. The zero-order valence-corrected chi connectivity index (χ0v) is 24.1. The molecule has 3 aromatic carbocycles. The van der Waals surface area contributed by atoms with Crippen molar-refractivity contribution in [3.05, 3.63) is 88.3 Å². The van der Waals surface area contributed by atoms with Crippen molar-refractivity contribution in [1.82, 2.24) is 5.32 Å². The fourth-order valence-electron chi connectivity index (χ4n) is 4.48. The third-order valence-electron chi connectivity index (χ3n) is 6.57. The van der Waals surface area contributed by atoms with Gasteiger partial charge in [0.2, 0.25) is 11.2 Å². The van der Waals surface area contributed by atoms with Crippen LogP contribution in [0.2, 0.25) is 0 Å². The first-order valence-corrected chi connectivity index (χ1v) is 14.8. The van der Waals surface area contributed by atoms with E-state index in [1.54, 1.807) is 24.3 Å². The highest BCUT2D eigenvalue weighted by atomic mass is 32.2. The first kappa shape index (κ1) is 30.8. The van der Waals surface area contributed by atoms with Gasteiger partial charge in [0.1, 0.15) is 37.2 Å². The molecule has 4 aromatic rings. The van der Waals surface area contributed by atoms with Crippen molar-refractivity contribution in [3.8, 4) is 28.4 Å². The molecule has 9 nitrogen and oxygen atoms in total. The van der Waals surface area contributed by atoms with E-state index in [0.29, 0.717) is 11.5 Å². The molecule has 5 rings (SSSR count). The lowest BCUT2D eigenvalue weighted by Crippen LogP contribution is -2.43. The minimum Gasteiger partial charge on any atom is -0.486 e. The molecule has 2 heterocycles. The molecule has 1 unspecified atom stereocenters. The number of carbonyl (C=O) groups excluding carboxylic acids is 2. The van der Waals surface area contributed by atoms with Gasteiger partial charge in [0.15, 0.2) is 11.5 Å². The van der Waals surface area contributed by atoms with Crippen molar-refractivity contribution in [2.45, 2.75) is 25.2 Å². The molecule has 0 spiro atoms. The van der Waals surface area contributed by atoms with Gasteiger partial charge in [-0.2, -0.15) is 24.9 Å². The van der Waals surface area contributed by atoms with Gasteiger partial charge < -0.3 is 28.7 Å². The number of hydrogen-bond acceptors (Lipinski definition) is 9. The highest BCUT2D eigenvalue weighted by molar-refractivity contribution is 7.98. The second kappa shape index (κ2) is 13.3. The van der Waals surface area contributed by atoms with Gasteiger partial charge in [-0.15, -0.1) is 0 Å². The van der Waals surface area contributed by atoms with Crippen molar-refractivity contribution in [3.63, 3.8) is 0 Å². The normalized spacial score (nSPS) is 13.3. The third-order valence-corrected chi connectivity index (χ3v) is 7.21. The highest BCUT2D eigenvalue weighted by Crippen LogP contribution is 2.40. The molecule has 0 bridgehead atoms. The summed E-state index contributed by atoms with van der Waals surface area (Å²) in [6.45, 7) is 0.479. The van der Waals surface area contributed by atoms with E-state index in [1.807, 2.05) is 12.3 Å². The lowest BCUT2D eigenvalue weighted by atomic mass is 10.0. The van der Waals surface area contributed by atoms with Crippen LogP contribution in [-0.2, 0) is 22.3 Å². The number of hydrogen-bond donors (Lipinski definition) is 1. The standard InChI is InChI=1S/C31H26F3NO8S/c1-44-14-11-22(35-30(38)41-17-18-5-3-2-4-6-18)29(37)42-20-8-9-21-24(16-20)43-28(31(32,33)34)26(27(21)36)19-7-10-23-25(15-19)40-13-12-39-23/h2-10,15-16,22H,11-14,17H2,1H3,(H,35,38). The molecule has 44 heavy (non-hydrogen) atoms. The average molecular weight is 630 g/mol. The van der Waals surface area contributed by atoms with Gasteiger partial charge in [-0.25, -0.2) is 9.59 Å². The van der Waals surface area contributed by atoms with Gasteiger partial charge in [-0.1, -0.05) is 36.4 Å². The molecule has 1 aliphatic rings. The van der Waals surface area contributed by atoms with E-state index < -0.39 is 46.6 Å². The van der Waals surface area contributed by atoms with Crippen LogP contribution in [0.15, 0.2) is 75.9 Å². The molecule has 0 fully saturated rings. The average Bonchev–Trinajstić information content (AvgIpc) is 3.01. The second-order valence-corrected chi connectivity index (χ2v) is 10.6. The molecule has 0 aliphatic carbocycles. The molecular weight excluding hydrogens is 603 g/mol. The van der Waals surface area contributed by atoms with Gasteiger partial charge >= 0.3 is 18.2 Å². The number of amides is 1. The lowest BCUT2D eigenvalue weighted by molar-refractivity contribution is -0.152. The molecule has 13 heteroatoms. The van der Waals surface area contributed by atoms with E-state index >= 15 is 0 Å². The zero-order chi connectivity index (χ0) is 31.3. The first-order valence-electron chi connectivity index (χ1n) is 13.4. The van der Waals surface area contributed by atoms with Crippen LogP contribution in [0.1, 0.15) is 17.7 Å². The quantitative estimate of drug-likeness (QED) is 0.171. The summed E-state index contributed by atoms with van der Waals surface area (Å²) in [4.78, 5) is 38.8. The Morgan fingerprint density at radius 3 is 2.48 bits per heavy atom.